The molecule has 0 aliphatic carbocycles. The quantitative estimate of drug-likeness (QED) is 0.281. The monoisotopic (exact) mass is 545 g/mol. The van der Waals surface area contributed by atoms with Crippen molar-refractivity contribution < 1.29 is 19.1 Å². The summed E-state index contributed by atoms with van der Waals surface area (Å²) in [5.41, 5.74) is 6.32. The molecule has 0 bridgehead atoms. The van der Waals surface area contributed by atoms with E-state index in [4.69, 9.17) is 9.47 Å². The van der Waals surface area contributed by atoms with Gasteiger partial charge in [0, 0.05) is 46.1 Å². The Hall–Kier alpha value is -4.78. The summed E-state index contributed by atoms with van der Waals surface area (Å²) < 4.78 is 13.5. The van der Waals surface area contributed by atoms with Crippen molar-refractivity contribution in [1.29, 1.82) is 0 Å². The first kappa shape index (κ1) is 25.2. The number of aryl methyl sites for hydroxylation is 1. The summed E-state index contributed by atoms with van der Waals surface area (Å²) >= 11 is 0. The summed E-state index contributed by atoms with van der Waals surface area (Å²) in [4.78, 5) is 29.9. The van der Waals surface area contributed by atoms with Crippen LogP contribution in [0.3, 0.4) is 0 Å². The van der Waals surface area contributed by atoms with Gasteiger partial charge in [0.1, 0.15) is 0 Å². The number of nitrogens with one attached hydrogen (secondary N) is 1. The van der Waals surface area contributed by atoms with E-state index in [-0.39, 0.29) is 11.8 Å². The van der Waals surface area contributed by atoms with Crippen LogP contribution in [0.4, 0.5) is 5.69 Å². The number of ether oxygens (including phenoxy) is 2. The van der Waals surface area contributed by atoms with E-state index >= 15 is 0 Å². The molecule has 1 aromatic heterocycles. The first-order valence-electron chi connectivity index (χ1n) is 14.0. The van der Waals surface area contributed by atoms with E-state index in [0.29, 0.717) is 30.0 Å². The van der Waals surface area contributed by atoms with Crippen molar-refractivity contribution in [3.63, 3.8) is 0 Å². The van der Waals surface area contributed by atoms with Gasteiger partial charge >= 0.3 is 0 Å². The predicted octanol–water partition coefficient (Wildman–Crippen LogP) is 6.31. The average molecular weight is 546 g/mol. The number of nitrogens with zero attached hydrogens (tertiary/aromatic N) is 2. The molecule has 7 nitrogen and oxygen atoms in total. The van der Waals surface area contributed by atoms with E-state index in [2.05, 4.69) is 47.1 Å². The van der Waals surface area contributed by atoms with Crippen LogP contribution in [0.2, 0.25) is 0 Å². The number of carbonyl (C=O) groups excluding carboxylic acids is 2. The highest BCUT2D eigenvalue weighted by molar-refractivity contribution is 6.10. The summed E-state index contributed by atoms with van der Waals surface area (Å²) in [7, 11) is 3.22. The highest BCUT2D eigenvalue weighted by Crippen LogP contribution is 2.48. The minimum absolute atomic E-state index is 0.0520. The molecule has 2 amide bonds. The molecular weight excluding hydrogens is 514 g/mol. The molecule has 0 spiro atoms. The van der Waals surface area contributed by atoms with Crippen molar-refractivity contribution in [1.82, 2.24) is 9.47 Å². The Bertz CT molecular complexity index is 1860. The third kappa shape index (κ3) is 3.79. The number of fused-ring (bicyclic) bond motifs is 7. The minimum atomic E-state index is -0.603. The maximum Gasteiger partial charge on any atom is 0.254 e. The van der Waals surface area contributed by atoms with Crippen LogP contribution < -0.4 is 14.8 Å². The SMILES string of the molecule is CCn1c2ccccc2c2cc(NC(=O)[C@@H]3c4ccccc4C(=O)N4CCc5cc(OC)c(OC)cc5[C@H]34)ccc21. The van der Waals surface area contributed by atoms with Crippen LogP contribution in [0.25, 0.3) is 21.8 Å². The van der Waals surface area contributed by atoms with Crippen LogP contribution >= 0.6 is 0 Å². The number of aromatic nitrogens is 1. The van der Waals surface area contributed by atoms with Crippen molar-refractivity contribution in [2.45, 2.75) is 31.8 Å². The van der Waals surface area contributed by atoms with E-state index in [1.807, 2.05) is 53.4 Å². The highest BCUT2D eigenvalue weighted by atomic mass is 16.5. The fourth-order valence-electron chi connectivity index (χ4n) is 6.83. The van der Waals surface area contributed by atoms with Gasteiger partial charge in [0.2, 0.25) is 5.91 Å². The van der Waals surface area contributed by atoms with Crippen LogP contribution in [0.15, 0.2) is 78.9 Å². The van der Waals surface area contributed by atoms with Gasteiger partial charge in [-0.25, -0.2) is 0 Å². The highest BCUT2D eigenvalue weighted by Gasteiger charge is 2.46. The van der Waals surface area contributed by atoms with Crippen LogP contribution in [0.5, 0.6) is 11.5 Å². The molecule has 0 saturated carbocycles. The number of methoxy groups -OCH3 is 2. The number of anilines is 1. The fraction of sp³-hybridized carbons (Fsp3) is 0.235. The number of rotatable bonds is 5. The number of hydrogen-bond acceptors (Lipinski definition) is 4. The molecule has 2 aliphatic rings. The second-order valence-electron chi connectivity index (χ2n) is 10.6. The van der Waals surface area contributed by atoms with Gasteiger partial charge in [-0.2, -0.15) is 0 Å². The third-order valence-electron chi connectivity index (χ3n) is 8.66. The number of benzene rings is 4. The zero-order chi connectivity index (χ0) is 28.2. The van der Waals surface area contributed by atoms with Gasteiger partial charge in [-0.3, -0.25) is 9.59 Å². The summed E-state index contributed by atoms with van der Waals surface area (Å²) in [5, 5.41) is 5.48. The standard InChI is InChI=1S/C34H31N3O4/c1-4-36-27-12-8-7-9-22(27)26-18-21(13-14-28(26)36)35-33(38)31-23-10-5-6-11-24(23)34(39)37-16-15-20-17-29(40-2)30(41-3)19-25(20)32(31)37/h5-14,17-19,31-32H,4,15-16H2,1-3H3,(H,35,38)/t31-,32-/m1/s1. The predicted molar refractivity (Wildman–Crippen MR) is 160 cm³/mol. The van der Waals surface area contributed by atoms with Crippen LogP contribution in [0, 0.1) is 0 Å². The summed E-state index contributed by atoms with van der Waals surface area (Å²) in [5.74, 6) is 0.415. The molecule has 206 valence electrons. The molecule has 4 aromatic carbocycles. The molecule has 5 aromatic rings. The Kier molecular flexibility index (Phi) is 5.96. The van der Waals surface area contributed by atoms with E-state index < -0.39 is 12.0 Å². The molecule has 1 N–H and O–H groups in total. The summed E-state index contributed by atoms with van der Waals surface area (Å²) in [6.07, 6.45) is 0.673. The Balaban J connectivity index is 1.34. The molecule has 7 heteroatoms. The van der Waals surface area contributed by atoms with E-state index in [1.54, 1.807) is 14.2 Å². The van der Waals surface area contributed by atoms with Crippen molar-refractivity contribution in [2.24, 2.45) is 0 Å². The minimum Gasteiger partial charge on any atom is -0.493 e. The number of para-hydroxylation sites is 1. The summed E-state index contributed by atoms with van der Waals surface area (Å²) in [6.45, 7) is 3.52. The fourth-order valence-corrected chi connectivity index (χ4v) is 6.83. The zero-order valence-electron chi connectivity index (χ0n) is 23.3. The Morgan fingerprint density at radius 3 is 2.41 bits per heavy atom. The van der Waals surface area contributed by atoms with Crippen LogP contribution in [-0.4, -0.2) is 42.0 Å². The second kappa shape index (κ2) is 9.70. The van der Waals surface area contributed by atoms with Gasteiger partial charge < -0.3 is 24.3 Å². The summed E-state index contributed by atoms with van der Waals surface area (Å²) in [6, 6.07) is 25.4. The second-order valence-corrected chi connectivity index (χ2v) is 10.6. The number of carbonyl (C=O) groups is 2. The molecule has 7 rings (SSSR count). The lowest BCUT2D eigenvalue weighted by Gasteiger charge is -2.45. The van der Waals surface area contributed by atoms with Gasteiger partial charge in [0.15, 0.2) is 11.5 Å². The lowest BCUT2D eigenvalue weighted by molar-refractivity contribution is -0.119. The van der Waals surface area contributed by atoms with Gasteiger partial charge in [0.05, 0.1) is 26.2 Å². The van der Waals surface area contributed by atoms with E-state index in [0.717, 1.165) is 45.2 Å². The van der Waals surface area contributed by atoms with E-state index in [9.17, 15) is 9.59 Å². The zero-order valence-corrected chi connectivity index (χ0v) is 23.3. The molecule has 0 fully saturated rings. The number of amides is 2. The van der Waals surface area contributed by atoms with Gasteiger partial charge in [-0.05, 0) is 72.5 Å². The maximum atomic E-state index is 14.3. The van der Waals surface area contributed by atoms with Gasteiger partial charge in [-0.15, -0.1) is 0 Å². The topological polar surface area (TPSA) is 72.8 Å². The first-order chi connectivity index (χ1) is 20.0. The number of hydrogen-bond donors (Lipinski definition) is 1. The molecule has 2 aliphatic heterocycles. The Morgan fingerprint density at radius 1 is 0.878 bits per heavy atom. The van der Waals surface area contributed by atoms with Crippen LogP contribution in [-0.2, 0) is 17.8 Å². The third-order valence-corrected chi connectivity index (χ3v) is 8.66. The molecule has 41 heavy (non-hydrogen) atoms. The van der Waals surface area contributed by atoms with Crippen molar-refractivity contribution in [3.8, 4) is 11.5 Å². The Morgan fingerprint density at radius 2 is 1.61 bits per heavy atom. The largest absolute Gasteiger partial charge is 0.493 e. The van der Waals surface area contributed by atoms with E-state index in [1.165, 1.54) is 5.52 Å². The smallest absolute Gasteiger partial charge is 0.254 e. The maximum absolute atomic E-state index is 14.3. The molecule has 0 saturated heterocycles. The van der Waals surface area contributed by atoms with Gasteiger partial charge in [0.25, 0.3) is 5.91 Å². The van der Waals surface area contributed by atoms with Gasteiger partial charge in [-0.1, -0.05) is 36.4 Å². The lowest BCUT2D eigenvalue weighted by atomic mass is 9.75. The lowest BCUT2D eigenvalue weighted by Crippen LogP contribution is -2.49. The molecular formula is C34H31N3O4. The van der Waals surface area contributed by atoms with Crippen molar-refractivity contribution in [2.75, 3.05) is 26.1 Å². The normalized spacial score (nSPS) is 17.6. The average Bonchev–Trinajstić information content (AvgIpc) is 3.33. The van der Waals surface area contributed by atoms with Crippen molar-refractivity contribution >= 4 is 39.3 Å². The first-order valence-corrected chi connectivity index (χ1v) is 14.0. The van der Waals surface area contributed by atoms with Crippen LogP contribution in [0.1, 0.15) is 45.9 Å². The Labute approximate surface area is 238 Å². The molecule has 0 unspecified atom stereocenters. The molecule has 2 atom stereocenters. The molecule has 0 radical (unpaired) electrons. The molecule has 3 heterocycles. The van der Waals surface area contributed by atoms with Crippen molar-refractivity contribution in [3.05, 3.63) is 101 Å².